The van der Waals surface area contributed by atoms with Gasteiger partial charge in [0.2, 0.25) is 5.91 Å². The van der Waals surface area contributed by atoms with Crippen LogP contribution >= 0.6 is 11.8 Å². The van der Waals surface area contributed by atoms with Crippen LogP contribution in [-0.2, 0) is 4.79 Å². The van der Waals surface area contributed by atoms with Crippen LogP contribution in [0, 0.1) is 5.82 Å². The first-order valence-corrected chi connectivity index (χ1v) is 7.86. The van der Waals surface area contributed by atoms with Gasteiger partial charge in [-0.3, -0.25) is 4.79 Å². The van der Waals surface area contributed by atoms with Crippen molar-refractivity contribution in [2.75, 3.05) is 19.5 Å². The average molecular weight is 335 g/mol. The maximum Gasteiger partial charge on any atom is 0.237 e. The van der Waals surface area contributed by atoms with Gasteiger partial charge in [0.25, 0.3) is 0 Å². The van der Waals surface area contributed by atoms with Gasteiger partial charge < -0.3 is 14.8 Å². The Labute approximate surface area is 139 Å². The molecule has 1 atom stereocenters. The lowest BCUT2D eigenvalue weighted by Crippen LogP contribution is -2.22. The van der Waals surface area contributed by atoms with E-state index in [0.717, 1.165) is 4.90 Å². The van der Waals surface area contributed by atoms with Crippen molar-refractivity contribution in [1.82, 2.24) is 0 Å². The van der Waals surface area contributed by atoms with Gasteiger partial charge in [-0.05, 0) is 49.4 Å². The Morgan fingerprint density at radius 3 is 2.35 bits per heavy atom. The van der Waals surface area contributed by atoms with Crippen molar-refractivity contribution < 1.29 is 18.7 Å². The van der Waals surface area contributed by atoms with Gasteiger partial charge in [-0.25, -0.2) is 4.39 Å². The number of nitrogens with one attached hydrogen (secondary N) is 1. The quantitative estimate of drug-likeness (QED) is 0.812. The first-order chi connectivity index (χ1) is 11.0. The van der Waals surface area contributed by atoms with Crippen molar-refractivity contribution in [3.63, 3.8) is 0 Å². The summed E-state index contributed by atoms with van der Waals surface area (Å²) in [6, 6.07) is 11.2. The molecule has 4 nitrogen and oxygen atoms in total. The highest BCUT2D eigenvalue weighted by molar-refractivity contribution is 8.00. The van der Waals surface area contributed by atoms with Crippen LogP contribution in [0.15, 0.2) is 47.4 Å². The predicted octanol–water partition coefficient (Wildman–Crippen LogP) is 3.96. The minimum absolute atomic E-state index is 0.156. The number of carbonyl (C=O) groups excluding carboxylic acids is 1. The van der Waals surface area contributed by atoms with E-state index >= 15 is 0 Å². The Balaban J connectivity index is 2.01. The lowest BCUT2D eigenvalue weighted by atomic mass is 10.3. The summed E-state index contributed by atoms with van der Waals surface area (Å²) < 4.78 is 23.3. The number of benzene rings is 2. The van der Waals surface area contributed by atoms with E-state index in [-0.39, 0.29) is 17.0 Å². The molecule has 2 rings (SSSR count). The molecule has 6 heteroatoms. The Hall–Kier alpha value is -2.21. The van der Waals surface area contributed by atoms with E-state index in [1.165, 1.54) is 36.0 Å². The van der Waals surface area contributed by atoms with Crippen LogP contribution in [0.5, 0.6) is 11.5 Å². The average Bonchev–Trinajstić information content (AvgIpc) is 2.56. The van der Waals surface area contributed by atoms with E-state index in [1.807, 2.05) is 12.1 Å². The summed E-state index contributed by atoms with van der Waals surface area (Å²) >= 11 is 1.40. The molecular formula is C17H18FNO3S. The lowest BCUT2D eigenvalue weighted by Gasteiger charge is -2.14. The van der Waals surface area contributed by atoms with Gasteiger partial charge in [0, 0.05) is 10.6 Å². The van der Waals surface area contributed by atoms with Crippen molar-refractivity contribution >= 4 is 23.4 Å². The van der Waals surface area contributed by atoms with E-state index in [9.17, 15) is 9.18 Å². The molecule has 23 heavy (non-hydrogen) atoms. The molecule has 2 aromatic rings. The molecular weight excluding hydrogens is 317 g/mol. The van der Waals surface area contributed by atoms with Crippen LogP contribution in [0.3, 0.4) is 0 Å². The summed E-state index contributed by atoms with van der Waals surface area (Å²) in [5.74, 6) is 0.760. The number of hydrogen-bond acceptors (Lipinski definition) is 4. The fourth-order valence-electron chi connectivity index (χ4n) is 1.92. The summed E-state index contributed by atoms with van der Waals surface area (Å²) in [5.41, 5.74) is 0.566. The van der Waals surface area contributed by atoms with Crippen LogP contribution < -0.4 is 14.8 Å². The number of ether oxygens (including phenoxy) is 2. The molecule has 0 bridgehead atoms. The zero-order valence-electron chi connectivity index (χ0n) is 13.1. The van der Waals surface area contributed by atoms with Crippen LogP contribution in [0.1, 0.15) is 6.92 Å². The molecule has 0 fully saturated rings. The van der Waals surface area contributed by atoms with Crippen molar-refractivity contribution in [2.24, 2.45) is 0 Å². The van der Waals surface area contributed by atoms with E-state index in [1.54, 1.807) is 27.2 Å². The van der Waals surface area contributed by atoms with Crippen LogP contribution in [0.4, 0.5) is 10.1 Å². The molecule has 0 saturated heterocycles. The summed E-state index contributed by atoms with van der Waals surface area (Å²) in [5, 5.41) is 2.44. The molecule has 0 radical (unpaired) electrons. The first kappa shape index (κ1) is 17.1. The Kier molecular flexibility index (Phi) is 5.87. The summed E-state index contributed by atoms with van der Waals surface area (Å²) in [7, 11) is 3.14. The van der Waals surface area contributed by atoms with Gasteiger partial charge >= 0.3 is 0 Å². The van der Waals surface area contributed by atoms with Gasteiger partial charge in [-0.1, -0.05) is 0 Å². The molecule has 2 aromatic carbocycles. The molecule has 0 spiro atoms. The fourth-order valence-corrected chi connectivity index (χ4v) is 2.82. The molecule has 0 heterocycles. The maximum absolute atomic E-state index is 12.9. The Morgan fingerprint density at radius 2 is 1.74 bits per heavy atom. The molecule has 0 saturated carbocycles. The molecule has 122 valence electrons. The second-order valence-corrected chi connectivity index (χ2v) is 6.19. The monoisotopic (exact) mass is 335 g/mol. The van der Waals surface area contributed by atoms with E-state index < -0.39 is 0 Å². The third-order valence-corrected chi connectivity index (χ3v) is 4.24. The molecule has 0 unspecified atom stereocenters. The number of thioether (sulfide) groups is 1. The molecule has 0 aliphatic heterocycles. The highest BCUT2D eigenvalue weighted by atomic mass is 32.2. The van der Waals surface area contributed by atoms with Crippen LogP contribution in [0.25, 0.3) is 0 Å². The number of hydrogen-bond donors (Lipinski definition) is 1. The van der Waals surface area contributed by atoms with Gasteiger partial charge in [0.15, 0.2) is 11.5 Å². The smallest absolute Gasteiger partial charge is 0.237 e. The lowest BCUT2D eigenvalue weighted by molar-refractivity contribution is -0.115. The number of halogens is 1. The topological polar surface area (TPSA) is 47.6 Å². The Morgan fingerprint density at radius 1 is 1.09 bits per heavy atom. The van der Waals surface area contributed by atoms with Crippen LogP contribution in [-0.4, -0.2) is 25.4 Å². The second kappa shape index (κ2) is 7.87. The van der Waals surface area contributed by atoms with Crippen molar-refractivity contribution in [2.45, 2.75) is 17.1 Å². The third kappa shape index (κ3) is 4.63. The van der Waals surface area contributed by atoms with Crippen LogP contribution in [0.2, 0.25) is 0 Å². The first-order valence-electron chi connectivity index (χ1n) is 6.98. The zero-order chi connectivity index (χ0) is 16.8. The second-order valence-electron chi connectivity index (χ2n) is 4.77. The molecule has 1 N–H and O–H groups in total. The SMILES string of the molecule is COc1ccc(S[C@H](C)C(=O)Nc2ccc(F)cc2)cc1OC. The third-order valence-electron chi connectivity index (χ3n) is 3.15. The minimum Gasteiger partial charge on any atom is -0.493 e. The molecule has 0 aromatic heterocycles. The van der Waals surface area contributed by atoms with E-state index in [4.69, 9.17) is 9.47 Å². The van der Waals surface area contributed by atoms with E-state index in [0.29, 0.717) is 17.2 Å². The molecule has 0 aliphatic rings. The summed E-state index contributed by atoms with van der Waals surface area (Å²) in [6.45, 7) is 1.81. The Bertz CT molecular complexity index is 676. The molecule has 0 aliphatic carbocycles. The number of methoxy groups -OCH3 is 2. The van der Waals surface area contributed by atoms with Gasteiger partial charge in [0.1, 0.15) is 5.82 Å². The number of amides is 1. The summed E-state index contributed by atoms with van der Waals surface area (Å²) in [4.78, 5) is 13.1. The largest absolute Gasteiger partial charge is 0.493 e. The highest BCUT2D eigenvalue weighted by Gasteiger charge is 2.16. The number of anilines is 1. The molecule has 1 amide bonds. The number of rotatable bonds is 6. The minimum atomic E-state index is -0.337. The van der Waals surface area contributed by atoms with Gasteiger partial charge in [0.05, 0.1) is 19.5 Å². The van der Waals surface area contributed by atoms with Crippen molar-refractivity contribution in [3.05, 3.63) is 48.3 Å². The standard InChI is InChI=1S/C17H18FNO3S/c1-11(17(20)19-13-6-4-12(18)5-7-13)23-14-8-9-15(21-2)16(10-14)22-3/h4-11H,1-3H3,(H,19,20)/t11-/m1/s1. The highest BCUT2D eigenvalue weighted by Crippen LogP contribution is 2.33. The maximum atomic E-state index is 12.9. The number of carbonyl (C=O) groups is 1. The van der Waals surface area contributed by atoms with Crippen molar-refractivity contribution in [3.8, 4) is 11.5 Å². The van der Waals surface area contributed by atoms with Gasteiger partial charge in [-0.2, -0.15) is 0 Å². The fraction of sp³-hybridized carbons (Fsp3) is 0.235. The summed E-state index contributed by atoms with van der Waals surface area (Å²) in [6.07, 6.45) is 0. The van der Waals surface area contributed by atoms with E-state index in [2.05, 4.69) is 5.32 Å². The van der Waals surface area contributed by atoms with Crippen molar-refractivity contribution in [1.29, 1.82) is 0 Å². The van der Waals surface area contributed by atoms with Gasteiger partial charge in [-0.15, -0.1) is 11.8 Å². The predicted molar refractivity (Wildman–Crippen MR) is 89.9 cm³/mol. The normalized spacial score (nSPS) is 11.7. The zero-order valence-corrected chi connectivity index (χ0v) is 13.9.